The van der Waals surface area contributed by atoms with Crippen LogP contribution in [0.3, 0.4) is 0 Å². The van der Waals surface area contributed by atoms with Crippen LogP contribution in [0.1, 0.15) is 18.9 Å². The second-order valence-electron chi connectivity index (χ2n) is 4.80. The lowest BCUT2D eigenvalue weighted by molar-refractivity contribution is 0.274. The molecule has 2 rings (SSSR count). The lowest BCUT2D eigenvalue weighted by atomic mass is 10.2. The van der Waals surface area contributed by atoms with E-state index in [1.165, 1.54) is 16.4 Å². The number of benzene rings is 1. The summed E-state index contributed by atoms with van der Waals surface area (Å²) in [6.07, 6.45) is 0.875. The zero-order chi connectivity index (χ0) is 15.6. The minimum Gasteiger partial charge on any atom is -0.392 e. The van der Waals surface area contributed by atoms with Crippen LogP contribution in [0.5, 0.6) is 0 Å². The molecule has 1 atom stereocenters. The first-order valence-corrected chi connectivity index (χ1v) is 9.88. The smallest absolute Gasteiger partial charge is 0.246 e. The van der Waals surface area contributed by atoms with E-state index < -0.39 is 22.4 Å². The quantitative estimate of drug-likeness (QED) is 0.847. The van der Waals surface area contributed by atoms with E-state index in [2.05, 4.69) is 15.9 Å². The maximum atomic E-state index is 14.3. The molecular formula is C13H17BrFNO3S2. The molecule has 1 heterocycles. The normalized spacial score (nSPS) is 20.7. The molecule has 8 heteroatoms. The van der Waals surface area contributed by atoms with Crippen molar-refractivity contribution in [2.45, 2.75) is 30.1 Å². The van der Waals surface area contributed by atoms with Crippen molar-refractivity contribution < 1.29 is 17.9 Å². The van der Waals surface area contributed by atoms with Crippen molar-refractivity contribution in [1.29, 1.82) is 0 Å². The molecule has 1 saturated heterocycles. The third-order valence-corrected chi connectivity index (χ3v) is 7.12. The van der Waals surface area contributed by atoms with E-state index >= 15 is 0 Å². The van der Waals surface area contributed by atoms with Gasteiger partial charge in [0.2, 0.25) is 10.0 Å². The Bertz CT molecular complexity index is 624. The van der Waals surface area contributed by atoms with E-state index in [9.17, 15) is 12.8 Å². The monoisotopic (exact) mass is 397 g/mol. The van der Waals surface area contributed by atoms with E-state index in [0.29, 0.717) is 23.3 Å². The van der Waals surface area contributed by atoms with Crippen LogP contribution in [0, 0.1) is 5.82 Å². The number of thioether (sulfide) groups is 1. The van der Waals surface area contributed by atoms with Crippen molar-refractivity contribution in [3.63, 3.8) is 0 Å². The Morgan fingerprint density at radius 1 is 1.52 bits per heavy atom. The molecule has 1 aliphatic heterocycles. The van der Waals surface area contributed by atoms with Gasteiger partial charge in [-0.15, -0.1) is 0 Å². The van der Waals surface area contributed by atoms with Gasteiger partial charge >= 0.3 is 0 Å². The maximum Gasteiger partial charge on any atom is 0.246 e. The first-order valence-electron chi connectivity index (χ1n) is 6.60. The molecule has 4 nitrogen and oxygen atoms in total. The Morgan fingerprint density at radius 2 is 2.24 bits per heavy atom. The Hall–Kier alpha value is -0.150. The van der Waals surface area contributed by atoms with Gasteiger partial charge in [-0.25, -0.2) is 12.8 Å². The number of halogens is 2. The Balaban J connectivity index is 2.42. The third kappa shape index (κ3) is 3.61. The highest BCUT2D eigenvalue weighted by atomic mass is 79.9. The second kappa shape index (κ2) is 6.95. The highest BCUT2D eigenvalue weighted by Crippen LogP contribution is 2.30. The first-order chi connectivity index (χ1) is 9.90. The highest BCUT2D eigenvalue weighted by Gasteiger charge is 2.32. The van der Waals surface area contributed by atoms with Gasteiger partial charge < -0.3 is 5.11 Å². The zero-order valence-electron chi connectivity index (χ0n) is 11.6. The molecule has 0 radical (unpaired) electrons. The predicted molar refractivity (Wildman–Crippen MR) is 85.3 cm³/mol. The molecule has 0 saturated carbocycles. The van der Waals surface area contributed by atoms with Crippen molar-refractivity contribution in [2.24, 2.45) is 0 Å². The second-order valence-corrected chi connectivity index (χ2v) is 9.03. The van der Waals surface area contributed by atoms with Gasteiger partial charge in [0.25, 0.3) is 0 Å². The van der Waals surface area contributed by atoms with E-state index in [4.69, 9.17) is 5.11 Å². The van der Waals surface area contributed by atoms with E-state index in [0.717, 1.165) is 6.42 Å². The zero-order valence-corrected chi connectivity index (χ0v) is 14.8. The van der Waals surface area contributed by atoms with Crippen LogP contribution in [-0.2, 0) is 16.6 Å². The lowest BCUT2D eigenvalue weighted by Gasteiger charge is -2.31. The molecule has 21 heavy (non-hydrogen) atoms. The summed E-state index contributed by atoms with van der Waals surface area (Å²) >= 11 is 4.91. The van der Waals surface area contributed by atoms with Gasteiger partial charge in [-0.05, 0) is 18.6 Å². The summed E-state index contributed by atoms with van der Waals surface area (Å²) < 4.78 is 41.4. The average molecular weight is 398 g/mol. The first kappa shape index (κ1) is 17.2. The van der Waals surface area contributed by atoms with Gasteiger partial charge in [0.1, 0.15) is 10.7 Å². The fraction of sp³-hybridized carbons (Fsp3) is 0.538. The molecule has 118 valence electrons. The van der Waals surface area contributed by atoms with Crippen LogP contribution in [0.4, 0.5) is 4.39 Å². The van der Waals surface area contributed by atoms with E-state index in [1.54, 1.807) is 11.8 Å². The summed E-state index contributed by atoms with van der Waals surface area (Å²) in [5.41, 5.74) is -0.0265. The number of aliphatic hydroxyl groups is 1. The van der Waals surface area contributed by atoms with Crippen LogP contribution < -0.4 is 0 Å². The summed E-state index contributed by atoms with van der Waals surface area (Å²) in [6, 6.07) is 2.64. The fourth-order valence-corrected chi connectivity index (χ4v) is 5.88. The Labute approximate surface area is 136 Å². The predicted octanol–water partition coefficient (Wildman–Crippen LogP) is 2.60. The largest absolute Gasteiger partial charge is 0.392 e. The highest BCUT2D eigenvalue weighted by molar-refractivity contribution is 9.10. The summed E-state index contributed by atoms with van der Waals surface area (Å²) in [5, 5.41) is 9.39. The summed E-state index contributed by atoms with van der Waals surface area (Å²) in [7, 11) is -3.89. The Morgan fingerprint density at radius 3 is 2.86 bits per heavy atom. The van der Waals surface area contributed by atoms with Gasteiger partial charge in [0.15, 0.2) is 0 Å². The molecule has 0 bridgehead atoms. The fourth-order valence-electron chi connectivity index (χ4n) is 2.22. The minimum absolute atomic E-state index is 0.0265. The molecular weight excluding hydrogens is 381 g/mol. The minimum atomic E-state index is -3.89. The molecule has 1 aromatic rings. The van der Waals surface area contributed by atoms with Crippen LogP contribution in [0.15, 0.2) is 21.5 Å². The van der Waals surface area contributed by atoms with Crippen LogP contribution in [0.2, 0.25) is 0 Å². The lowest BCUT2D eigenvalue weighted by Crippen LogP contribution is -2.42. The van der Waals surface area contributed by atoms with Crippen molar-refractivity contribution in [3.8, 4) is 0 Å². The van der Waals surface area contributed by atoms with E-state index in [1.807, 2.05) is 6.92 Å². The number of sulfonamides is 1. The Kier molecular flexibility index (Phi) is 5.70. The van der Waals surface area contributed by atoms with Crippen LogP contribution in [0.25, 0.3) is 0 Å². The molecule has 0 amide bonds. The summed E-state index contributed by atoms with van der Waals surface area (Å²) in [5.74, 6) is -0.160. The number of rotatable bonds is 4. The molecule has 0 spiro atoms. The number of aliphatic hydroxyl groups excluding tert-OH is 1. The molecule has 1 N–H and O–H groups in total. The topological polar surface area (TPSA) is 57.6 Å². The molecule has 1 unspecified atom stereocenters. The van der Waals surface area contributed by atoms with E-state index in [-0.39, 0.29) is 15.7 Å². The van der Waals surface area contributed by atoms with Gasteiger partial charge in [-0.2, -0.15) is 16.1 Å². The van der Waals surface area contributed by atoms with Crippen LogP contribution >= 0.6 is 27.7 Å². The molecule has 1 fully saturated rings. The molecule has 1 aromatic carbocycles. The van der Waals surface area contributed by atoms with Gasteiger partial charge in [0, 0.05) is 34.1 Å². The van der Waals surface area contributed by atoms with Crippen molar-refractivity contribution in [2.75, 3.05) is 18.8 Å². The van der Waals surface area contributed by atoms with Gasteiger partial charge in [-0.1, -0.05) is 22.9 Å². The number of hydrogen-bond donors (Lipinski definition) is 1. The molecule has 0 aliphatic carbocycles. The van der Waals surface area contributed by atoms with Gasteiger partial charge in [0.05, 0.1) is 6.61 Å². The van der Waals surface area contributed by atoms with Crippen molar-refractivity contribution >= 4 is 37.7 Å². The standard InChI is InChI=1S/C13H17BrFNO3S2/c1-2-11-7-16(3-4-20-11)21(18,19)12-6-10(14)5-9(8-17)13(12)15/h5-6,11,17H,2-4,7-8H2,1H3. The van der Waals surface area contributed by atoms with Crippen molar-refractivity contribution in [3.05, 3.63) is 28.0 Å². The maximum absolute atomic E-state index is 14.3. The van der Waals surface area contributed by atoms with Crippen molar-refractivity contribution in [1.82, 2.24) is 4.31 Å². The molecule has 1 aliphatic rings. The SMILES string of the molecule is CCC1CN(S(=O)(=O)c2cc(Br)cc(CO)c2F)CCS1. The molecule has 0 aromatic heterocycles. The van der Waals surface area contributed by atoms with Gasteiger partial charge in [-0.3, -0.25) is 0 Å². The summed E-state index contributed by atoms with van der Waals surface area (Å²) in [6.45, 7) is 2.24. The third-order valence-electron chi connectivity index (χ3n) is 3.42. The number of hydrogen-bond acceptors (Lipinski definition) is 4. The van der Waals surface area contributed by atoms with Crippen LogP contribution in [-0.4, -0.2) is 41.9 Å². The number of nitrogens with zero attached hydrogens (tertiary/aromatic N) is 1. The average Bonchev–Trinajstić information content (AvgIpc) is 2.49. The summed E-state index contributed by atoms with van der Waals surface area (Å²) in [4.78, 5) is -0.373.